The topological polar surface area (TPSA) is 207 Å². The summed E-state index contributed by atoms with van der Waals surface area (Å²) in [6, 6.07) is -2.46. The SMILES string of the molecule is CC(=O)N[C@H]1[C@H](OC[C@H]2OC(O)[C@@H](NC(C)=O)[C@@H](O)[C@@H]2O)O[C@H](CO)[C@H](O)[C@@H]1O. The maximum absolute atomic E-state index is 11.4. The molecule has 0 saturated carbocycles. The van der Waals surface area contributed by atoms with Crippen molar-refractivity contribution in [3.8, 4) is 0 Å². The minimum Gasteiger partial charge on any atom is -0.394 e. The van der Waals surface area contributed by atoms with Gasteiger partial charge in [-0.3, -0.25) is 9.59 Å². The first-order valence-corrected chi connectivity index (χ1v) is 9.04. The van der Waals surface area contributed by atoms with Gasteiger partial charge in [-0.15, -0.1) is 0 Å². The van der Waals surface area contributed by atoms with Gasteiger partial charge in [-0.2, -0.15) is 0 Å². The Morgan fingerprint density at radius 1 is 0.828 bits per heavy atom. The number of aliphatic hydroxyl groups is 6. The van der Waals surface area contributed by atoms with Crippen LogP contribution in [-0.2, 0) is 23.8 Å². The van der Waals surface area contributed by atoms with E-state index in [9.17, 15) is 40.2 Å². The Kier molecular flexibility index (Phi) is 8.28. The summed E-state index contributed by atoms with van der Waals surface area (Å²) >= 11 is 0. The second-order valence-corrected chi connectivity index (χ2v) is 7.04. The Morgan fingerprint density at radius 2 is 1.34 bits per heavy atom. The molecule has 2 aliphatic rings. The zero-order chi connectivity index (χ0) is 21.9. The fourth-order valence-corrected chi connectivity index (χ4v) is 3.28. The van der Waals surface area contributed by atoms with Crippen LogP contribution in [0.4, 0.5) is 0 Å². The smallest absolute Gasteiger partial charge is 0.217 e. The summed E-state index contributed by atoms with van der Waals surface area (Å²) < 4.78 is 16.0. The molecule has 2 amide bonds. The molecule has 168 valence electrons. The van der Waals surface area contributed by atoms with E-state index in [0.717, 1.165) is 0 Å². The van der Waals surface area contributed by atoms with Gasteiger partial charge in [0.05, 0.1) is 13.2 Å². The van der Waals surface area contributed by atoms with Crippen molar-refractivity contribution in [3.63, 3.8) is 0 Å². The number of hydrogen-bond acceptors (Lipinski definition) is 11. The van der Waals surface area contributed by atoms with E-state index in [1.165, 1.54) is 13.8 Å². The van der Waals surface area contributed by atoms with E-state index in [4.69, 9.17) is 14.2 Å². The molecule has 13 heteroatoms. The largest absolute Gasteiger partial charge is 0.394 e. The average molecular weight is 424 g/mol. The molecule has 0 aromatic heterocycles. The molecular formula is C16H28N2O11. The minimum atomic E-state index is -1.64. The van der Waals surface area contributed by atoms with Gasteiger partial charge in [-0.1, -0.05) is 0 Å². The molecule has 0 bridgehead atoms. The average Bonchev–Trinajstić information content (AvgIpc) is 2.65. The Bertz CT molecular complexity index is 579. The fraction of sp³-hybridized carbons (Fsp3) is 0.875. The van der Waals surface area contributed by atoms with Crippen molar-refractivity contribution in [3.05, 3.63) is 0 Å². The molecule has 2 heterocycles. The van der Waals surface area contributed by atoms with Crippen molar-refractivity contribution in [1.29, 1.82) is 0 Å². The molecule has 1 unspecified atom stereocenters. The van der Waals surface area contributed by atoms with E-state index in [1.807, 2.05) is 0 Å². The summed E-state index contributed by atoms with van der Waals surface area (Å²) in [6.07, 6.45) is -11.5. The number of carbonyl (C=O) groups is 2. The van der Waals surface area contributed by atoms with E-state index in [-0.39, 0.29) is 0 Å². The third-order valence-corrected chi connectivity index (χ3v) is 4.77. The number of rotatable bonds is 6. The lowest BCUT2D eigenvalue weighted by Gasteiger charge is -2.44. The molecule has 0 aliphatic carbocycles. The number of hydrogen-bond donors (Lipinski definition) is 8. The van der Waals surface area contributed by atoms with Crippen LogP contribution in [0.1, 0.15) is 13.8 Å². The molecule has 10 atom stereocenters. The van der Waals surface area contributed by atoms with Gasteiger partial charge in [-0.05, 0) is 0 Å². The standard InChI is InChI=1S/C16H28N2O11/c1-5(20)17-9-13(24)12(23)8(28-15(9)26)4-27-16-10(18-6(2)21)14(25)11(22)7(3-19)29-16/h7-16,19,22-26H,3-4H2,1-2H3,(H,17,20)(H,18,21)/t7-,8-,9+,10-,11+,12-,13-,14-,15?,16-/m1/s1. The molecule has 0 aromatic carbocycles. The van der Waals surface area contributed by atoms with E-state index < -0.39 is 86.3 Å². The Labute approximate surface area is 166 Å². The van der Waals surface area contributed by atoms with Crippen LogP contribution in [0, 0.1) is 0 Å². The van der Waals surface area contributed by atoms with Crippen molar-refractivity contribution >= 4 is 11.8 Å². The van der Waals surface area contributed by atoms with Crippen molar-refractivity contribution in [2.45, 2.75) is 75.1 Å². The first-order chi connectivity index (χ1) is 13.6. The molecule has 0 aromatic rings. The molecule has 2 aliphatic heterocycles. The number of ether oxygens (including phenoxy) is 3. The summed E-state index contributed by atoms with van der Waals surface area (Å²) in [5.41, 5.74) is 0. The van der Waals surface area contributed by atoms with Crippen molar-refractivity contribution < 1.29 is 54.4 Å². The molecule has 0 spiro atoms. The summed E-state index contributed by atoms with van der Waals surface area (Å²) in [6.45, 7) is 1.26. The van der Waals surface area contributed by atoms with E-state index in [1.54, 1.807) is 0 Å². The van der Waals surface area contributed by atoms with E-state index >= 15 is 0 Å². The molecule has 8 N–H and O–H groups in total. The Hall–Kier alpha value is -1.42. The lowest BCUT2D eigenvalue weighted by atomic mass is 9.96. The summed E-state index contributed by atoms with van der Waals surface area (Å²) in [4.78, 5) is 22.6. The maximum Gasteiger partial charge on any atom is 0.217 e. The molecule has 2 rings (SSSR count). The Morgan fingerprint density at radius 3 is 1.90 bits per heavy atom. The second-order valence-electron chi connectivity index (χ2n) is 7.04. The van der Waals surface area contributed by atoms with Crippen LogP contribution in [0.2, 0.25) is 0 Å². The zero-order valence-electron chi connectivity index (χ0n) is 15.9. The highest BCUT2D eigenvalue weighted by Gasteiger charge is 2.48. The van der Waals surface area contributed by atoms with Crippen LogP contribution in [0.25, 0.3) is 0 Å². The van der Waals surface area contributed by atoms with Gasteiger partial charge in [0.2, 0.25) is 11.8 Å². The van der Waals surface area contributed by atoms with Crippen LogP contribution in [0.3, 0.4) is 0 Å². The lowest BCUT2D eigenvalue weighted by Crippen LogP contribution is -2.66. The van der Waals surface area contributed by atoms with Gasteiger partial charge in [0, 0.05) is 13.8 Å². The monoisotopic (exact) mass is 424 g/mol. The predicted molar refractivity (Wildman–Crippen MR) is 91.8 cm³/mol. The number of aliphatic hydroxyl groups excluding tert-OH is 6. The first kappa shape index (κ1) is 23.9. The van der Waals surface area contributed by atoms with Gasteiger partial charge in [0.25, 0.3) is 0 Å². The van der Waals surface area contributed by atoms with Crippen molar-refractivity contribution in [1.82, 2.24) is 10.6 Å². The van der Waals surface area contributed by atoms with Crippen molar-refractivity contribution in [2.24, 2.45) is 0 Å². The third kappa shape index (κ3) is 5.59. The highest BCUT2D eigenvalue weighted by Crippen LogP contribution is 2.25. The third-order valence-electron chi connectivity index (χ3n) is 4.77. The van der Waals surface area contributed by atoms with Gasteiger partial charge in [0.1, 0.15) is 48.7 Å². The van der Waals surface area contributed by atoms with Crippen molar-refractivity contribution in [2.75, 3.05) is 13.2 Å². The zero-order valence-corrected chi connectivity index (χ0v) is 15.9. The lowest BCUT2D eigenvalue weighted by molar-refractivity contribution is -0.297. The fourth-order valence-electron chi connectivity index (χ4n) is 3.28. The van der Waals surface area contributed by atoms with Gasteiger partial charge < -0.3 is 55.5 Å². The molecular weight excluding hydrogens is 396 g/mol. The molecule has 29 heavy (non-hydrogen) atoms. The first-order valence-electron chi connectivity index (χ1n) is 9.04. The number of nitrogens with one attached hydrogen (secondary N) is 2. The van der Waals surface area contributed by atoms with Crippen LogP contribution < -0.4 is 10.6 Å². The molecule has 2 saturated heterocycles. The van der Waals surface area contributed by atoms with E-state index in [2.05, 4.69) is 10.6 Å². The second kappa shape index (κ2) is 10.1. The number of amides is 2. The predicted octanol–water partition coefficient (Wildman–Crippen LogP) is -5.11. The summed E-state index contributed by atoms with van der Waals surface area (Å²) in [5.74, 6) is -1.09. The maximum atomic E-state index is 11.4. The van der Waals surface area contributed by atoms with E-state index in [0.29, 0.717) is 0 Å². The molecule has 13 nitrogen and oxygen atoms in total. The number of carbonyl (C=O) groups excluding carboxylic acids is 2. The Balaban J connectivity index is 2.05. The van der Waals surface area contributed by atoms with Crippen LogP contribution in [0.15, 0.2) is 0 Å². The summed E-state index contributed by atoms with van der Waals surface area (Å²) in [7, 11) is 0. The highest BCUT2D eigenvalue weighted by molar-refractivity contribution is 5.73. The van der Waals surface area contributed by atoms with Gasteiger partial charge in [0.15, 0.2) is 12.6 Å². The normalized spacial score (nSPS) is 42.9. The van der Waals surface area contributed by atoms with Crippen LogP contribution >= 0.6 is 0 Å². The van der Waals surface area contributed by atoms with Crippen LogP contribution in [0.5, 0.6) is 0 Å². The molecule has 2 fully saturated rings. The highest BCUT2D eigenvalue weighted by atomic mass is 16.7. The summed E-state index contributed by atoms with van der Waals surface area (Å²) in [5, 5.41) is 64.4. The van der Waals surface area contributed by atoms with Gasteiger partial charge >= 0.3 is 0 Å². The van der Waals surface area contributed by atoms with Gasteiger partial charge in [-0.25, -0.2) is 0 Å². The van der Waals surface area contributed by atoms with Crippen LogP contribution in [-0.4, -0.2) is 117 Å². The quantitative estimate of drug-likeness (QED) is 0.202. The molecule has 0 radical (unpaired) electrons. The minimum absolute atomic E-state index is 0.455.